The summed E-state index contributed by atoms with van der Waals surface area (Å²) in [6.45, 7) is 4.17. The van der Waals surface area contributed by atoms with Gasteiger partial charge in [0.2, 0.25) is 0 Å². The fraction of sp³-hybridized carbons (Fsp3) is 0.182. The lowest BCUT2D eigenvalue weighted by molar-refractivity contribution is 0.227. The first-order chi connectivity index (χ1) is 14.9. The van der Waals surface area contributed by atoms with E-state index >= 15 is 0 Å². The van der Waals surface area contributed by atoms with Crippen LogP contribution in [0.25, 0.3) is 22.5 Å². The van der Waals surface area contributed by atoms with E-state index in [9.17, 15) is 9.65 Å². The van der Waals surface area contributed by atoms with Gasteiger partial charge >= 0.3 is 0 Å². The van der Waals surface area contributed by atoms with E-state index in [1.54, 1.807) is 34.3 Å². The van der Waals surface area contributed by atoms with Gasteiger partial charge in [-0.05, 0) is 38.1 Å². The number of aryl methyl sites for hydroxylation is 1. The molecule has 4 heterocycles. The van der Waals surface area contributed by atoms with Gasteiger partial charge in [-0.15, -0.1) is 11.3 Å². The number of halogens is 1. The van der Waals surface area contributed by atoms with Gasteiger partial charge < -0.3 is 10.5 Å². The molecule has 5 rings (SSSR count). The largest absolute Gasteiger partial charge is 0.482 e. The highest BCUT2D eigenvalue weighted by Crippen LogP contribution is 2.39. The zero-order valence-corrected chi connectivity index (χ0v) is 17.6. The second-order valence-electron chi connectivity index (χ2n) is 7.28. The number of benzene rings is 1. The summed E-state index contributed by atoms with van der Waals surface area (Å²) in [5, 5.41) is 14.9. The number of anilines is 1. The van der Waals surface area contributed by atoms with Gasteiger partial charge in [-0.25, -0.2) is 14.4 Å². The van der Waals surface area contributed by atoms with Crippen LogP contribution in [0.3, 0.4) is 0 Å². The Hall–Kier alpha value is -3.77. The van der Waals surface area contributed by atoms with Crippen molar-refractivity contribution in [2.24, 2.45) is 0 Å². The van der Waals surface area contributed by atoms with Crippen LogP contribution in [0.1, 0.15) is 34.0 Å². The van der Waals surface area contributed by atoms with Gasteiger partial charge in [0.1, 0.15) is 18.0 Å². The molecule has 154 valence electrons. The van der Waals surface area contributed by atoms with Crippen molar-refractivity contribution in [1.82, 2.24) is 19.7 Å². The SMILES string of the molecule is Cc1nc2c(s1)Cn1ncc(C#N)c1-c1cnc(N)c(c1)OC(C)c1cc(F)ccc1-2. The third kappa shape index (κ3) is 3.21. The predicted molar refractivity (Wildman–Crippen MR) is 115 cm³/mol. The van der Waals surface area contributed by atoms with Crippen molar-refractivity contribution in [2.45, 2.75) is 26.5 Å². The summed E-state index contributed by atoms with van der Waals surface area (Å²) in [4.78, 5) is 9.94. The number of hydrogen-bond acceptors (Lipinski definition) is 7. The molecule has 0 amide bonds. The number of nitrogens with zero attached hydrogens (tertiary/aromatic N) is 5. The van der Waals surface area contributed by atoms with Gasteiger partial charge in [0.05, 0.1) is 39.6 Å². The standard InChI is InChI=1S/C22H17FN6OS/c1-11-17-6-15(23)3-4-16(17)20-19(31-12(2)28-20)10-29-21(14(7-24)9-27-29)13-5-18(30-11)22(25)26-8-13/h3-6,8-9,11H,10H2,1-2H3,(H2,25,26). The maximum atomic E-state index is 14.2. The van der Waals surface area contributed by atoms with Crippen LogP contribution in [0.5, 0.6) is 5.75 Å². The van der Waals surface area contributed by atoms with E-state index in [1.807, 2.05) is 13.8 Å². The highest BCUT2D eigenvalue weighted by Gasteiger charge is 2.24. The van der Waals surface area contributed by atoms with Crippen molar-refractivity contribution in [2.75, 3.05) is 5.73 Å². The maximum absolute atomic E-state index is 14.2. The molecule has 0 fully saturated rings. The molecule has 9 heteroatoms. The predicted octanol–water partition coefficient (Wildman–Crippen LogP) is 4.47. The van der Waals surface area contributed by atoms with Gasteiger partial charge in [0, 0.05) is 22.9 Å². The number of ether oxygens (including phenoxy) is 1. The fourth-order valence-corrected chi connectivity index (χ4v) is 4.77. The molecule has 0 saturated heterocycles. The molecular weight excluding hydrogens is 415 g/mol. The molecule has 4 aromatic rings. The quantitative estimate of drug-likeness (QED) is 0.440. The monoisotopic (exact) mass is 432 g/mol. The summed E-state index contributed by atoms with van der Waals surface area (Å²) in [5.41, 5.74) is 9.98. The van der Waals surface area contributed by atoms with Crippen LogP contribution < -0.4 is 10.5 Å². The van der Waals surface area contributed by atoms with Crippen LogP contribution in [0.2, 0.25) is 0 Å². The summed E-state index contributed by atoms with van der Waals surface area (Å²) in [6.07, 6.45) is 2.62. The lowest BCUT2D eigenvalue weighted by Crippen LogP contribution is -2.11. The van der Waals surface area contributed by atoms with Crippen molar-refractivity contribution in [3.63, 3.8) is 0 Å². The number of thiazole rings is 1. The van der Waals surface area contributed by atoms with Gasteiger partial charge in [0.25, 0.3) is 0 Å². The molecule has 3 aromatic heterocycles. The first-order valence-corrected chi connectivity index (χ1v) is 10.4. The number of hydrogen-bond donors (Lipinski definition) is 1. The van der Waals surface area contributed by atoms with Crippen LogP contribution in [0.15, 0.2) is 36.7 Å². The Labute approximate surface area is 181 Å². The lowest BCUT2D eigenvalue weighted by Gasteiger charge is -2.21. The first-order valence-electron chi connectivity index (χ1n) is 9.59. The molecule has 2 N–H and O–H groups in total. The molecule has 1 aliphatic rings. The van der Waals surface area contributed by atoms with Gasteiger partial charge in [-0.1, -0.05) is 0 Å². The van der Waals surface area contributed by atoms with Crippen LogP contribution >= 0.6 is 11.3 Å². The molecule has 7 nitrogen and oxygen atoms in total. The van der Waals surface area contributed by atoms with Gasteiger partial charge in [0.15, 0.2) is 11.6 Å². The summed E-state index contributed by atoms with van der Waals surface area (Å²) >= 11 is 1.54. The van der Waals surface area contributed by atoms with E-state index in [4.69, 9.17) is 15.5 Å². The molecule has 1 atom stereocenters. The maximum Gasteiger partial charge on any atom is 0.166 e. The zero-order chi connectivity index (χ0) is 21.7. The highest BCUT2D eigenvalue weighted by atomic mass is 32.1. The molecular formula is C22H17FN6OS. The Bertz CT molecular complexity index is 1370. The van der Waals surface area contributed by atoms with Gasteiger partial charge in [-0.2, -0.15) is 10.4 Å². The Kier molecular flexibility index (Phi) is 4.45. The molecule has 0 radical (unpaired) electrons. The Morgan fingerprint density at radius 2 is 2.16 bits per heavy atom. The van der Waals surface area contributed by atoms with Crippen molar-refractivity contribution in [3.05, 3.63) is 63.5 Å². The molecule has 1 unspecified atom stereocenters. The Morgan fingerprint density at radius 1 is 1.32 bits per heavy atom. The second-order valence-corrected chi connectivity index (χ2v) is 8.57. The highest BCUT2D eigenvalue weighted by molar-refractivity contribution is 7.12. The normalized spacial score (nSPS) is 14.8. The topological polar surface area (TPSA) is 103 Å². The Balaban J connectivity index is 1.82. The molecule has 1 aromatic carbocycles. The summed E-state index contributed by atoms with van der Waals surface area (Å²) in [7, 11) is 0. The van der Waals surface area contributed by atoms with E-state index in [1.165, 1.54) is 18.3 Å². The molecule has 0 saturated carbocycles. The molecule has 0 spiro atoms. The van der Waals surface area contributed by atoms with Crippen molar-refractivity contribution < 1.29 is 9.13 Å². The Morgan fingerprint density at radius 3 is 2.97 bits per heavy atom. The number of pyridine rings is 1. The number of rotatable bonds is 0. The van der Waals surface area contributed by atoms with Crippen molar-refractivity contribution >= 4 is 17.2 Å². The number of aromatic nitrogens is 4. The third-order valence-corrected chi connectivity index (χ3v) is 6.18. The minimum Gasteiger partial charge on any atom is -0.482 e. The van der Waals surface area contributed by atoms with E-state index in [0.717, 1.165) is 21.1 Å². The van der Waals surface area contributed by atoms with Crippen LogP contribution in [0.4, 0.5) is 10.2 Å². The van der Waals surface area contributed by atoms with Crippen LogP contribution in [-0.4, -0.2) is 19.7 Å². The molecule has 31 heavy (non-hydrogen) atoms. The lowest BCUT2D eigenvalue weighted by atomic mass is 9.99. The van der Waals surface area contributed by atoms with E-state index in [-0.39, 0.29) is 11.6 Å². The second kappa shape index (κ2) is 7.18. The number of nitriles is 1. The summed E-state index contributed by atoms with van der Waals surface area (Å²) < 4.78 is 22.1. The summed E-state index contributed by atoms with van der Waals surface area (Å²) in [6, 6.07) is 8.53. The average molecular weight is 432 g/mol. The van der Waals surface area contributed by atoms with Crippen LogP contribution in [-0.2, 0) is 6.54 Å². The van der Waals surface area contributed by atoms with E-state index < -0.39 is 6.10 Å². The molecule has 1 aliphatic heterocycles. The molecule has 2 bridgehead atoms. The van der Waals surface area contributed by atoms with Crippen molar-refractivity contribution in [3.8, 4) is 34.3 Å². The van der Waals surface area contributed by atoms with Crippen molar-refractivity contribution in [1.29, 1.82) is 5.26 Å². The van der Waals surface area contributed by atoms with E-state index in [0.29, 0.717) is 34.7 Å². The average Bonchev–Trinajstić information content (AvgIpc) is 3.32. The zero-order valence-electron chi connectivity index (χ0n) is 16.8. The van der Waals surface area contributed by atoms with Crippen LogP contribution in [0, 0.1) is 24.1 Å². The fourth-order valence-electron chi connectivity index (χ4n) is 3.83. The number of fused-ring (bicyclic) bond motifs is 7. The first kappa shape index (κ1) is 19.2. The summed E-state index contributed by atoms with van der Waals surface area (Å²) in [5.74, 6) is 0.204. The van der Waals surface area contributed by atoms with Gasteiger partial charge in [-0.3, -0.25) is 4.68 Å². The van der Waals surface area contributed by atoms with E-state index in [2.05, 4.69) is 16.2 Å². The minimum absolute atomic E-state index is 0.209. The minimum atomic E-state index is -0.514. The third-order valence-electron chi connectivity index (χ3n) is 5.22. The number of nitrogen functional groups attached to an aromatic ring is 1. The molecule has 0 aliphatic carbocycles. The smallest absolute Gasteiger partial charge is 0.166 e. The number of nitrogens with two attached hydrogens (primary N) is 1.